The number of methoxy groups -OCH3 is 1. The van der Waals surface area contributed by atoms with Crippen molar-refractivity contribution in [2.24, 2.45) is 7.05 Å². The molecule has 0 unspecified atom stereocenters. The van der Waals surface area contributed by atoms with E-state index >= 15 is 0 Å². The van der Waals surface area contributed by atoms with Gasteiger partial charge in [0, 0.05) is 19.5 Å². The van der Waals surface area contributed by atoms with Crippen LogP contribution in [0.25, 0.3) is 10.2 Å². The van der Waals surface area contributed by atoms with Crippen molar-refractivity contribution in [1.82, 2.24) is 9.78 Å². The minimum atomic E-state index is -0.903. The van der Waals surface area contributed by atoms with Crippen LogP contribution < -0.4 is 0 Å². The Bertz CT molecular complexity index is 515. The van der Waals surface area contributed by atoms with Crippen LogP contribution in [0.15, 0.2) is 6.07 Å². The van der Waals surface area contributed by atoms with Crippen molar-refractivity contribution < 1.29 is 14.6 Å². The van der Waals surface area contributed by atoms with Gasteiger partial charge in [-0.3, -0.25) is 4.68 Å². The molecule has 0 aliphatic carbocycles. The third-order valence-electron chi connectivity index (χ3n) is 2.08. The van der Waals surface area contributed by atoms with E-state index in [0.717, 1.165) is 15.9 Å². The summed E-state index contributed by atoms with van der Waals surface area (Å²) in [6.07, 6.45) is 0. The molecule has 0 aromatic carbocycles. The first-order valence-corrected chi connectivity index (χ1v) is 5.12. The second kappa shape index (κ2) is 3.63. The summed E-state index contributed by atoms with van der Waals surface area (Å²) in [5.41, 5.74) is 0.777. The molecule has 6 heteroatoms. The summed E-state index contributed by atoms with van der Waals surface area (Å²) >= 11 is 1.22. The van der Waals surface area contributed by atoms with E-state index in [4.69, 9.17) is 9.84 Å². The SMILES string of the molecule is COCc1nn(C)c2sc(C(=O)O)cc12. The van der Waals surface area contributed by atoms with Crippen molar-refractivity contribution in [3.05, 3.63) is 16.6 Å². The Kier molecular flexibility index (Phi) is 2.45. The zero-order valence-electron chi connectivity index (χ0n) is 8.35. The van der Waals surface area contributed by atoms with E-state index in [1.54, 1.807) is 24.9 Å². The van der Waals surface area contributed by atoms with Crippen LogP contribution in [0, 0.1) is 0 Å². The largest absolute Gasteiger partial charge is 0.477 e. The highest BCUT2D eigenvalue weighted by Gasteiger charge is 2.15. The molecule has 2 rings (SSSR count). The van der Waals surface area contributed by atoms with Crippen LogP contribution in [-0.2, 0) is 18.4 Å². The molecule has 2 aromatic rings. The molecule has 80 valence electrons. The summed E-state index contributed by atoms with van der Waals surface area (Å²) in [6, 6.07) is 1.64. The van der Waals surface area contributed by atoms with Crippen LogP contribution in [0.3, 0.4) is 0 Å². The summed E-state index contributed by atoms with van der Waals surface area (Å²) in [5, 5.41) is 14.0. The van der Waals surface area contributed by atoms with Gasteiger partial charge >= 0.3 is 5.97 Å². The molecular formula is C9H10N2O3S. The predicted molar refractivity (Wildman–Crippen MR) is 56.3 cm³/mol. The van der Waals surface area contributed by atoms with Crippen LogP contribution in [0.5, 0.6) is 0 Å². The Morgan fingerprint density at radius 2 is 2.47 bits per heavy atom. The Labute approximate surface area is 89.9 Å². The standard InChI is InChI=1S/C9H10N2O3S/c1-11-8-5(6(10-11)4-14-2)3-7(15-8)9(12)13/h3H,4H2,1-2H3,(H,12,13). The summed E-state index contributed by atoms with van der Waals surface area (Å²) in [7, 11) is 3.38. The van der Waals surface area contributed by atoms with Gasteiger partial charge in [0.2, 0.25) is 0 Å². The number of nitrogens with zero attached hydrogens (tertiary/aromatic N) is 2. The van der Waals surface area contributed by atoms with Gasteiger partial charge < -0.3 is 9.84 Å². The summed E-state index contributed by atoms with van der Waals surface area (Å²) in [6.45, 7) is 0.396. The van der Waals surface area contributed by atoms with E-state index in [0.29, 0.717) is 11.5 Å². The first-order chi connectivity index (χ1) is 7.13. The monoisotopic (exact) mass is 226 g/mol. The fourth-order valence-electron chi connectivity index (χ4n) is 1.46. The van der Waals surface area contributed by atoms with E-state index in [1.807, 2.05) is 0 Å². The fraction of sp³-hybridized carbons (Fsp3) is 0.333. The first kappa shape index (κ1) is 10.1. The van der Waals surface area contributed by atoms with Crippen molar-refractivity contribution in [2.45, 2.75) is 6.61 Å². The highest BCUT2D eigenvalue weighted by atomic mass is 32.1. The number of rotatable bonds is 3. The number of carboxylic acids is 1. The third kappa shape index (κ3) is 1.62. The zero-order valence-corrected chi connectivity index (χ0v) is 9.17. The molecule has 0 atom stereocenters. The minimum Gasteiger partial charge on any atom is -0.477 e. The van der Waals surface area contributed by atoms with E-state index in [-0.39, 0.29) is 0 Å². The molecule has 0 saturated heterocycles. The molecule has 1 N–H and O–H groups in total. The highest BCUT2D eigenvalue weighted by molar-refractivity contribution is 7.20. The summed E-state index contributed by atoms with van der Waals surface area (Å²) < 4.78 is 6.68. The maximum Gasteiger partial charge on any atom is 0.345 e. The van der Waals surface area contributed by atoms with Crippen LogP contribution in [-0.4, -0.2) is 28.0 Å². The van der Waals surface area contributed by atoms with Crippen LogP contribution in [0.1, 0.15) is 15.4 Å². The number of hydrogen-bond donors (Lipinski definition) is 1. The number of aromatic carboxylic acids is 1. The van der Waals surface area contributed by atoms with Crippen molar-refractivity contribution in [1.29, 1.82) is 0 Å². The van der Waals surface area contributed by atoms with Crippen molar-refractivity contribution >= 4 is 27.5 Å². The van der Waals surface area contributed by atoms with Crippen molar-refractivity contribution in [3.63, 3.8) is 0 Å². The number of carboxylic acid groups (broad SMARTS) is 1. The lowest BCUT2D eigenvalue weighted by Gasteiger charge is -1.92. The smallest absolute Gasteiger partial charge is 0.345 e. The van der Waals surface area contributed by atoms with Crippen molar-refractivity contribution in [2.75, 3.05) is 7.11 Å². The lowest BCUT2D eigenvalue weighted by Crippen LogP contribution is -1.94. The Hall–Kier alpha value is -1.40. The molecule has 0 bridgehead atoms. The predicted octanol–water partition coefficient (Wildman–Crippen LogP) is 1.48. The molecule has 2 aromatic heterocycles. The Morgan fingerprint density at radius 3 is 3.07 bits per heavy atom. The van der Waals surface area contributed by atoms with Gasteiger partial charge in [-0.15, -0.1) is 11.3 Å². The molecule has 0 aliphatic heterocycles. The lowest BCUT2D eigenvalue weighted by atomic mass is 10.3. The maximum atomic E-state index is 10.8. The van der Waals surface area contributed by atoms with E-state index in [1.165, 1.54) is 11.3 Å². The second-order valence-corrected chi connectivity index (χ2v) is 4.17. The topological polar surface area (TPSA) is 64.4 Å². The van der Waals surface area contributed by atoms with Gasteiger partial charge in [-0.25, -0.2) is 4.79 Å². The number of carbonyl (C=O) groups is 1. The van der Waals surface area contributed by atoms with Gasteiger partial charge in [-0.1, -0.05) is 0 Å². The lowest BCUT2D eigenvalue weighted by molar-refractivity contribution is 0.0702. The average Bonchev–Trinajstić information content (AvgIpc) is 2.70. The molecule has 5 nitrogen and oxygen atoms in total. The quantitative estimate of drug-likeness (QED) is 0.861. The first-order valence-electron chi connectivity index (χ1n) is 4.31. The average molecular weight is 226 g/mol. The molecular weight excluding hydrogens is 216 g/mol. The minimum absolute atomic E-state index is 0.329. The van der Waals surface area contributed by atoms with Crippen LogP contribution >= 0.6 is 11.3 Å². The molecule has 2 heterocycles. The number of aryl methyl sites for hydroxylation is 1. The van der Waals surface area contributed by atoms with Gasteiger partial charge in [0.15, 0.2) is 0 Å². The fourth-order valence-corrected chi connectivity index (χ4v) is 2.39. The van der Waals surface area contributed by atoms with E-state index in [9.17, 15) is 4.79 Å². The van der Waals surface area contributed by atoms with Crippen molar-refractivity contribution in [3.8, 4) is 0 Å². The molecule has 15 heavy (non-hydrogen) atoms. The number of aromatic nitrogens is 2. The van der Waals surface area contributed by atoms with Gasteiger partial charge in [0.1, 0.15) is 9.71 Å². The molecule has 0 spiro atoms. The van der Waals surface area contributed by atoms with E-state index < -0.39 is 5.97 Å². The van der Waals surface area contributed by atoms with Gasteiger partial charge in [0.25, 0.3) is 0 Å². The molecule has 0 saturated carbocycles. The van der Waals surface area contributed by atoms with Crippen LogP contribution in [0.4, 0.5) is 0 Å². The maximum absolute atomic E-state index is 10.8. The number of hydrogen-bond acceptors (Lipinski definition) is 4. The van der Waals surface area contributed by atoms with Gasteiger partial charge in [-0.2, -0.15) is 5.10 Å². The summed E-state index contributed by atoms with van der Waals surface area (Å²) in [5.74, 6) is -0.903. The Balaban J connectivity index is 2.59. The third-order valence-corrected chi connectivity index (χ3v) is 3.27. The van der Waals surface area contributed by atoms with E-state index in [2.05, 4.69) is 5.10 Å². The molecule has 0 amide bonds. The number of ether oxygens (including phenoxy) is 1. The number of thiophene rings is 1. The van der Waals surface area contributed by atoms with Crippen LogP contribution in [0.2, 0.25) is 0 Å². The molecule has 0 radical (unpaired) electrons. The normalized spacial score (nSPS) is 11.1. The zero-order chi connectivity index (χ0) is 11.0. The number of fused-ring (bicyclic) bond motifs is 1. The second-order valence-electron chi connectivity index (χ2n) is 3.14. The molecule has 0 aliphatic rings. The van der Waals surface area contributed by atoms with Gasteiger partial charge in [-0.05, 0) is 6.07 Å². The molecule has 0 fully saturated rings. The Morgan fingerprint density at radius 1 is 1.73 bits per heavy atom. The highest BCUT2D eigenvalue weighted by Crippen LogP contribution is 2.28. The summed E-state index contributed by atoms with van der Waals surface area (Å²) in [4.78, 5) is 12.0. The van der Waals surface area contributed by atoms with Gasteiger partial charge in [0.05, 0.1) is 12.3 Å².